The van der Waals surface area contributed by atoms with E-state index in [1.54, 1.807) is 6.07 Å². The van der Waals surface area contributed by atoms with Crippen molar-refractivity contribution < 1.29 is 9.53 Å². The van der Waals surface area contributed by atoms with Gasteiger partial charge in [0.2, 0.25) is 0 Å². The fourth-order valence-electron chi connectivity index (χ4n) is 2.26. The molecule has 3 aromatic rings. The first kappa shape index (κ1) is 14.1. The highest BCUT2D eigenvalue weighted by Gasteiger charge is 2.13. The summed E-state index contributed by atoms with van der Waals surface area (Å²) in [6, 6.07) is 26.5. The molecule has 0 fully saturated rings. The molecular formula is C20H16O2. The van der Waals surface area contributed by atoms with Crippen LogP contribution in [-0.2, 0) is 6.61 Å². The van der Waals surface area contributed by atoms with E-state index in [0.717, 1.165) is 5.56 Å². The molecule has 0 heterocycles. The first-order valence-electron chi connectivity index (χ1n) is 7.20. The normalized spacial score (nSPS) is 10.2. The van der Waals surface area contributed by atoms with Crippen LogP contribution < -0.4 is 4.74 Å². The van der Waals surface area contributed by atoms with Crippen LogP contribution in [0.25, 0.3) is 0 Å². The predicted molar refractivity (Wildman–Crippen MR) is 87.1 cm³/mol. The molecule has 0 amide bonds. The van der Waals surface area contributed by atoms with Gasteiger partial charge in [-0.2, -0.15) is 0 Å². The van der Waals surface area contributed by atoms with Crippen molar-refractivity contribution in [2.45, 2.75) is 6.61 Å². The number of benzene rings is 3. The molecule has 0 atom stereocenters. The van der Waals surface area contributed by atoms with Crippen molar-refractivity contribution >= 4 is 5.78 Å². The van der Waals surface area contributed by atoms with Crippen LogP contribution in [0.1, 0.15) is 21.5 Å². The van der Waals surface area contributed by atoms with E-state index in [-0.39, 0.29) is 5.78 Å². The van der Waals surface area contributed by atoms with E-state index in [1.807, 2.05) is 78.9 Å². The lowest BCUT2D eigenvalue weighted by Gasteiger charge is -2.11. The van der Waals surface area contributed by atoms with E-state index in [1.165, 1.54) is 0 Å². The minimum absolute atomic E-state index is 0.0238. The molecule has 0 aliphatic carbocycles. The molecule has 0 radical (unpaired) electrons. The van der Waals surface area contributed by atoms with Gasteiger partial charge in [-0.1, -0.05) is 72.8 Å². The van der Waals surface area contributed by atoms with E-state index in [4.69, 9.17) is 4.74 Å². The second-order valence-electron chi connectivity index (χ2n) is 4.97. The van der Waals surface area contributed by atoms with Crippen LogP contribution in [0.5, 0.6) is 5.75 Å². The fourth-order valence-corrected chi connectivity index (χ4v) is 2.26. The third-order valence-corrected chi connectivity index (χ3v) is 3.40. The highest BCUT2D eigenvalue weighted by atomic mass is 16.5. The molecular weight excluding hydrogens is 272 g/mol. The standard InChI is InChI=1S/C20H16O2/c21-20(17-11-5-2-6-12-17)18-13-7-8-14-19(18)22-15-16-9-3-1-4-10-16/h1-14H,15H2. The fraction of sp³-hybridized carbons (Fsp3) is 0.0500. The first-order chi connectivity index (χ1) is 10.8. The van der Waals surface area contributed by atoms with Gasteiger partial charge in [0.1, 0.15) is 12.4 Å². The largest absolute Gasteiger partial charge is 0.488 e. The smallest absolute Gasteiger partial charge is 0.196 e. The molecule has 3 rings (SSSR count). The number of hydrogen-bond acceptors (Lipinski definition) is 2. The molecule has 0 aliphatic rings. The lowest BCUT2D eigenvalue weighted by molar-refractivity contribution is 0.103. The Kier molecular flexibility index (Phi) is 4.30. The summed E-state index contributed by atoms with van der Waals surface area (Å²) in [6.07, 6.45) is 0. The molecule has 0 aliphatic heterocycles. The zero-order chi connectivity index (χ0) is 15.2. The van der Waals surface area contributed by atoms with Crippen LogP contribution >= 0.6 is 0 Å². The van der Waals surface area contributed by atoms with Crippen molar-refractivity contribution in [2.24, 2.45) is 0 Å². The molecule has 0 spiro atoms. The van der Waals surface area contributed by atoms with Crippen LogP contribution in [0.3, 0.4) is 0 Å². The summed E-state index contributed by atoms with van der Waals surface area (Å²) in [7, 11) is 0. The lowest BCUT2D eigenvalue weighted by atomic mass is 10.0. The molecule has 22 heavy (non-hydrogen) atoms. The lowest BCUT2D eigenvalue weighted by Crippen LogP contribution is -2.05. The summed E-state index contributed by atoms with van der Waals surface area (Å²) in [5.74, 6) is 0.587. The van der Waals surface area contributed by atoms with Gasteiger partial charge < -0.3 is 4.74 Å². The van der Waals surface area contributed by atoms with Gasteiger partial charge >= 0.3 is 0 Å². The molecule has 3 aromatic carbocycles. The van der Waals surface area contributed by atoms with Crippen LogP contribution in [0, 0.1) is 0 Å². The molecule has 0 unspecified atom stereocenters. The molecule has 108 valence electrons. The summed E-state index contributed by atoms with van der Waals surface area (Å²) >= 11 is 0. The van der Waals surface area contributed by atoms with Gasteiger partial charge in [0.15, 0.2) is 5.78 Å². The second kappa shape index (κ2) is 6.72. The molecule has 0 saturated carbocycles. The summed E-state index contributed by atoms with van der Waals surface area (Å²) in [6.45, 7) is 0.444. The van der Waals surface area contributed by atoms with Crippen molar-refractivity contribution in [3.05, 3.63) is 102 Å². The van der Waals surface area contributed by atoms with Gasteiger partial charge in [0.25, 0.3) is 0 Å². The summed E-state index contributed by atoms with van der Waals surface area (Å²) in [4.78, 5) is 12.6. The summed E-state index contributed by atoms with van der Waals surface area (Å²) in [5.41, 5.74) is 2.33. The molecule has 0 bridgehead atoms. The molecule has 2 nitrogen and oxygen atoms in total. The number of hydrogen-bond donors (Lipinski definition) is 0. The zero-order valence-electron chi connectivity index (χ0n) is 12.1. The highest BCUT2D eigenvalue weighted by Crippen LogP contribution is 2.22. The molecule has 0 aromatic heterocycles. The maximum atomic E-state index is 12.6. The maximum Gasteiger partial charge on any atom is 0.196 e. The Morgan fingerprint density at radius 1 is 0.727 bits per heavy atom. The van der Waals surface area contributed by atoms with Gasteiger partial charge in [-0.15, -0.1) is 0 Å². The highest BCUT2D eigenvalue weighted by molar-refractivity contribution is 6.10. The minimum Gasteiger partial charge on any atom is -0.488 e. The number of carbonyl (C=O) groups excluding carboxylic acids is 1. The Balaban J connectivity index is 1.82. The quantitative estimate of drug-likeness (QED) is 0.646. The topological polar surface area (TPSA) is 26.3 Å². The Morgan fingerprint density at radius 2 is 1.32 bits per heavy atom. The van der Waals surface area contributed by atoms with Crippen molar-refractivity contribution in [3.63, 3.8) is 0 Å². The third kappa shape index (κ3) is 3.23. The van der Waals surface area contributed by atoms with E-state index in [2.05, 4.69) is 0 Å². The van der Waals surface area contributed by atoms with Gasteiger partial charge in [0.05, 0.1) is 5.56 Å². The molecule has 0 N–H and O–H groups in total. The number of para-hydroxylation sites is 1. The number of rotatable bonds is 5. The van der Waals surface area contributed by atoms with E-state index < -0.39 is 0 Å². The maximum absolute atomic E-state index is 12.6. The van der Waals surface area contributed by atoms with Crippen LogP contribution in [0.15, 0.2) is 84.9 Å². The Labute approximate surface area is 130 Å². The van der Waals surface area contributed by atoms with Gasteiger partial charge in [-0.3, -0.25) is 4.79 Å². The van der Waals surface area contributed by atoms with Crippen molar-refractivity contribution in [3.8, 4) is 5.75 Å². The average molecular weight is 288 g/mol. The van der Waals surface area contributed by atoms with Gasteiger partial charge in [0, 0.05) is 5.56 Å². The Bertz CT molecular complexity index is 749. The number of ketones is 1. The first-order valence-corrected chi connectivity index (χ1v) is 7.20. The number of carbonyl (C=O) groups is 1. The Morgan fingerprint density at radius 3 is 2.05 bits per heavy atom. The monoisotopic (exact) mass is 288 g/mol. The van der Waals surface area contributed by atoms with E-state index in [0.29, 0.717) is 23.5 Å². The van der Waals surface area contributed by atoms with Crippen LogP contribution in [0.2, 0.25) is 0 Å². The Hall–Kier alpha value is -2.87. The van der Waals surface area contributed by atoms with Crippen molar-refractivity contribution in [1.29, 1.82) is 0 Å². The third-order valence-electron chi connectivity index (χ3n) is 3.40. The van der Waals surface area contributed by atoms with Gasteiger partial charge in [-0.25, -0.2) is 0 Å². The van der Waals surface area contributed by atoms with E-state index in [9.17, 15) is 4.79 Å². The van der Waals surface area contributed by atoms with Crippen molar-refractivity contribution in [1.82, 2.24) is 0 Å². The van der Waals surface area contributed by atoms with Crippen LogP contribution in [0.4, 0.5) is 0 Å². The molecule has 0 saturated heterocycles. The van der Waals surface area contributed by atoms with Crippen LogP contribution in [-0.4, -0.2) is 5.78 Å². The second-order valence-corrected chi connectivity index (χ2v) is 4.97. The SMILES string of the molecule is O=C(c1ccccc1)c1ccccc1OCc1ccccc1. The molecule has 2 heteroatoms. The minimum atomic E-state index is -0.0238. The summed E-state index contributed by atoms with van der Waals surface area (Å²) < 4.78 is 5.84. The zero-order valence-corrected chi connectivity index (χ0v) is 12.1. The number of ether oxygens (including phenoxy) is 1. The van der Waals surface area contributed by atoms with Crippen molar-refractivity contribution in [2.75, 3.05) is 0 Å². The average Bonchev–Trinajstić information content (AvgIpc) is 2.61. The predicted octanol–water partition coefficient (Wildman–Crippen LogP) is 4.50. The summed E-state index contributed by atoms with van der Waals surface area (Å²) in [5, 5.41) is 0. The van der Waals surface area contributed by atoms with Gasteiger partial charge in [-0.05, 0) is 17.7 Å². The van der Waals surface area contributed by atoms with E-state index >= 15 is 0 Å².